The molecule has 0 heterocycles. The summed E-state index contributed by atoms with van der Waals surface area (Å²) in [5, 5.41) is 22.2. The minimum Gasteiger partial charge on any atom is -0.394 e. The number of unbranched alkanes of at least 4 members (excludes halogenated alkanes) is 11. The number of nitrogens with one attached hydrogen (secondary N) is 1. The van der Waals surface area contributed by atoms with Gasteiger partial charge in [-0.2, -0.15) is 0 Å². The Bertz CT molecular complexity index is 407. The minimum atomic E-state index is -0.850. The lowest BCUT2D eigenvalue weighted by Crippen LogP contribution is -2.44. The molecule has 0 rings (SSSR count). The average molecular weight is 396 g/mol. The first-order valence-corrected chi connectivity index (χ1v) is 11.6. The summed E-state index contributed by atoms with van der Waals surface area (Å²) in [5.41, 5.74) is 0. The third kappa shape index (κ3) is 17.0. The van der Waals surface area contributed by atoms with E-state index in [2.05, 4.69) is 12.2 Å². The standard InChI is InChI=1S/C24H45NO3/c1-3-5-7-8-9-10-11-12-13-14-15-16-18-19-23(27)22(21-26)25-24(28)20-17-6-4-2/h6,17-19,22-23,26-27H,3-5,7-16,20-21H2,1-2H3,(H,25,28). The third-order valence-corrected chi connectivity index (χ3v) is 4.97. The van der Waals surface area contributed by atoms with Gasteiger partial charge in [0, 0.05) is 6.42 Å². The molecule has 0 bridgehead atoms. The van der Waals surface area contributed by atoms with Crippen LogP contribution in [0.2, 0.25) is 0 Å². The van der Waals surface area contributed by atoms with Gasteiger partial charge in [0.25, 0.3) is 0 Å². The molecular weight excluding hydrogens is 350 g/mol. The van der Waals surface area contributed by atoms with Crippen molar-refractivity contribution in [1.29, 1.82) is 0 Å². The van der Waals surface area contributed by atoms with E-state index in [1.807, 2.05) is 19.1 Å². The van der Waals surface area contributed by atoms with E-state index in [9.17, 15) is 15.0 Å². The Morgan fingerprint density at radius 3 is 1.96 bits per heavy atom. The topological polar surface area (TPSA) is 69.6 Å². The molecule has 0 spiro atoms. The van der Waals surface area contributed by atoms with Gasteiger partial charge in [0.05, 0.1) is 18.8 Å². The molecule has 28 heavy (non-hydrogen) atoms. The van der Waals surface area contributed by atoms with Crippen LogP contribution in [0.5, 0.6) is 0 Å². The Hall–Kier alpha value is -1.13. The molecule has 4 heteroatoms. The highest BCUT2D eigenvalue weighted by Crippen LogP contribution is 2.12. The van der Waals surface area contributed by atoms with Gasteiger partial charge in [-0.25, -0.2) is 0 Å². The summed E-state index contributed by atoms with van der Waals surface area (Å²) in [7, 11) is 0. The number of carbonyl (C=O) groups is 1. The monoisotopic (exact) mass is 395 g/mol. The zero-order valence-electron chi connectivity index (χ0n) is 18.4. The summed E-state index contributed by atoms with van der Waals surface area (Å²) in [5.74, 6) is -0.179. The van der Waals surface area contributed by atoms with Gasteiger partial charge in [0.15, 0.2) is 0 Å². The molecule has 2 atom stereocenters. The molecule has 3 N–H and O–H groups in total. The highest BCUT2D eigenvalue weighted by atomic mass is 16.3. The van der Waals surface area contributed by atoms with Crippen LogP contribution in [0.15, 0.2) is 24.3 Å². The lowest BCUT2D eigenvalue weighted by Gasteiger charge is -2.19. The van der Waals surface area contributed by atoms with Gasteiger partial charge in [0.1, 0.15) is 0 Å². The fourth-order valence-electron chi connectivity index (χ4n) is 3.16. The van der Waals surface area contributed by atoms with E-state index in [-0.39, 0.29) is 18.9 Å². The van der Waals surface area contributed by atoms with E-state index in [1.165, 1.54) is 64.2 Å². The van der Waals surface area contributed by atoms with Crippen molar-refractivity contribution < 1.29 is 15.0 Å². The molecule has 0 fully saturated rings. The van der Waals surface area contributed by atoms with Crippen molar-refractivity contribution >= 4 is 5.91 Å². The molecule has 0 aliphatic carbocycles. The van der Waals surface area contributed by atoms with Crippen LogP contribution >= 0.6 is 0 Å². The molecule has 0 aliphatic heterocycles. The van der Waals surface area contributed by atoms with Gasteiger partial charge in [-0.05, 0) is 19.3 Å². The summed E-state index contributed by atoms with van der Waals surface area (Å²) < 4.78 is 0. The van der Waals surface area contributed by atoms with E-state index in [0.29, 0.717) is 0 Å². The van der Waals surface area contributed by atoms with Crippen molar-refractivity contribution in [1.82, 2.24) is 5.32 Å². The number of aliphatic hydroxyl groups is 2. The van der Waals surface area contributed by atoms with Gasteiger partial charge in [-0.15, -0.1) is 0 Å². The second-order valence-corrected chi connectivity index (χ2v) is 7.68. The second-order valence-electron chi connectivity index (χ2n) is 7.68. The van der Waals surface area contributed by atoms with Gasteiger partial charge < -0.3 is 15.5 Å². The molecule has 2 unspecified atom stereocenters. The highest BCUT2D eigenvalue weighted by molar-refractivity contribution is 5.77. The minimum absolute atomic E-state index is 0.179. The fraction of sp³-hybridized carbons (Fsp3) is 0.792. The summed E-state index contributed by atoms with van der Waals surface area (Å²) in [6, 6.07) is -0.642. The fourth-order valence-corrected chi connectivity index (χ4v) is 3.16. The normalized spacial score (nSPS) is 14.0. The Balaban J connectivity index is 3.70. The quantitative estimate of drug-likeness (QED) is 0.201. The maximum absolute atomic E-state index is 11.8. The molecule has 0 aliphatic rings. The largest absolute Gasteiger partial charge is 0.394 e. The van der Waals surface area contributed by atoms with Crippen LogP contribution in [0.1, 0.15) is 104 Å². The van der Waals surface area contributed by atoms with Crippen molar-refractivity contribution in [2.24, 2.45) is 0 Å². The Labute approximate surface area is 173 Å². The number of hydrogen-bond donors (Lipinski definition) is 3. The lowest BCUT2D eigenvalue weighted by molar-refractivity contribution is -0.122. The average Bonchev–Trinajstić information content (AvgIpc) is 2.69. The highest BCUT2D eigenvalue weighted by Gasteiger charge is 2.17. The SMILES string of the molecule is CCC=CCC(=O)NC(CO)C(O)C=CCCCCCCCCCCCCC. The Morgan fingerprint density at radius 2 is 1.43 bits per heavy atom. The van der Waals surface area contributed by atoms with Gasteiger partial charge in [0.2, 0.25) is 5.91 Å². The number of aliphatic hydroxyl groups excluding tert-OH is 2. The van der Waals surface area contributed by atoms with Crippen molar-refractivity contribution in [2.45, 2.75) is 116 Å². The first-order chi connectivity index (χ1) is 13.7. The van der Waals surface area contributed by atoms with E-state index in [1.54, 1.807) is 12.2 Å². The summed E-state index contributed by atoms with van der Waals surface area (Å²) in [6.45, 7) is 3.99. The smallest absolute Gasteiger partial charge is 0.224 e. The third-order valence-electron chi connectivity index (χ3n) is 4.97. The van der Waals surface area contributed by atoms with E-state index >= 15 is 0 Å². The van der Waals surface area contributed by atoms with Crippen molar-refractivity contribution in [3.63, 3.8) is 0 Å². The number of allylic oxidation sites excluding steroid dienone is 2. The molecule has 0 aromatic heterocycles. The molecule has 0 aromatic rings. The molecule has 0 aromatic carbocycles. The van der Waals surface area contributed by atoms with Crippen molar-refractivity contribution in [3.05, 3.63) is 24.3 Å². The molecule has 4 nitrogen and oxygen atoms in total. The molecule has 164 valence electrons. The molecule has 0 radical (unpaired) electrons. The zero-order valence-corrected chi connectivity index (χ0v) is 18.4. The maximum atomic E-state index is 11.8. The zero-order chi connectivity index (χ0) is 20.9. The first kappa shape index (κ1) is 26.9. The van der Waals surface area contributed by atoms with Crippen molar-refractivity contribution in [2.75, 3.05) is 6.61 Å². The summed E-state index contributed by atoms with van der Waals surface area (Å²) in [4.78, 5) is 11.8. The van der Waals surface area contributed by atoms with E-state index < -0.39 is 12.1 Å². The first-order valence-electron chi connectivity index (χ1n) is 11.6. The Morgan fingerprint density at radius 1 is 0.857 bits per heavy atom. The second kappa shape index (κ2) is 20.6. The lowest BCUT2D eigenvalue weighted by atomic mass is 10.0. The van der Waals surface area contributed by atoms with Gasteiger partial charge >= 0.3 is 0 Å². The molecular formula is C24H45NO3. The number of amides is 1. The number of rotatable bonds is 19. The van der Waals surface area contributed by atoms with Crippen molar-refractivity contribution in [3.8, 4) is 0 Å². The summed E-state index contributed by atoms with van der Waals surface area (Å²) in [6.07, 6.45) is 23.2. The van der Waals surface area contributed by atoms with Crippen LogP contribution < -0.4 is 5.32 Å². The molecule has 0 saturated carbocycles. The predicted molar refractivity (Wildman–Crippen MR) is 119 cm³/mol. The maximum Gasteiger partial charge on any atom is 0.224 e. The Kier molecular flexibility index (Phi) is 19.8. The number of carbonyl (C=O) groups excluding carboxylic acids is 1. The predicted octanol–water partition coefficient (Wildman–Crippen LogP) is 5.44. The van der Waals surface area contributed by atoms with Crippen LogP contribution in [0.4, 0.5) is 0 Å². The van der Waals surface area contributed by atoms with Gasteiger partial charge in [-0.3, -0.25) is 4.79 Å². The summed E-state index contributed by atoms with van der Waals surface area (Å²) >= 11 is 0. The van der Waals surface area contributed by atoms with Crippen LogP contribution in [0.3, 0.4) is 0 Å². The van der Waals surface area contributed by atoms with Crippen LogP contribution in [-0.4, -0.2) is 34.9 Å². The molecule has 0 saturated heterocycles. The van der Waals surface area contributed by atoms with E-state index in [0.717, 1.165) is 19.3 Å². The van der Waals surface area contributed by atoms with Crippen LogP contribution in [0, 0.1) is 0 Å². The van der Waals surface area contributed by atoms with Gasteiger partial charge in [-0.1, -0.05) is 102 Å². The van der Waals surface area contributed by atoms with E-state index in [4.69, 9.17) is 0 Å². The van der Waals surface area contributed by atoms with Crippen LogP contribution in [-0.2, 0) is 4.79 Å². The number of hydrogen-bond acceptors (Lipinski definition) is 3. The van der Waals surface area contributed by atoms with Crippen LogP contribution in [0.25, 0.3) is 0 Å². The molecule has 1 amide bonds.